The molecule has 140 valence electrons. The molecular formula is C22H26N4O. The van der Waals surface area contributed by atoms with E-state index in [1.54, 1.807) is 6.20 Å². The zero-order valence-corrected chi connectivity index (χ0v) is 16.3. The summed E-state index contributed by atoms with van der Waals surface area (Å²) in [7, 11) is 0. The number of ether oxygens (including phenoxy) is 1. The highest BCUT2D eigenvalue weighted by Crippen LogP contribution is 2.39. The Morgan fingerprint density at radius 3 is 2.59 bits per heavy atom. The molecule has 0 fully saturated rings. The van der Waals surface area contributed by atoms with Gasteiger partial charge in [0.05, 0.1) is 6.61 Å². The largest absolute Gasteiger partial charge is 0.494 e. The maximum absolute atomic E-state index is 6.29. The van der Waals surface area contributed by atoms with E-state index in [0.717, 1.165) is 22.5 Å². The second-order valence-corrected chi connectivity index (χ2v) is 8.05. The van der Waals surface area contributed by atoms with E-state index in [1.165, 1.54) is 5.39 Å². The van der Waals surface area contributed by atoms with Crippen molar-refractivity contribution in [1.82, 2.24) is 4.90 Å². The number of hydrogen-bond donors (Lipinski definition) is 1. The molecule has 27 heavy (non-hydrogen) atoms. The predicted octanol–water partition coefficient (Wildman–Crippen LogP) is 4.25. The van der Waals surface area contributed by atoms with E-state index in [-0.39, 0.29) is 17.5 Å². The number of rotatable bonds is 3. The van der Waals surface area contributed by atoms with Crippen LogP contribution in [-0.2, 0) is 0 Å². The Balaban J connectivity index is 1.77. The third-order valence-electron chi connectivity index (χ3n) is 5.02. The Labute approximate surface area is 160 Å². The van der Waals surface area contributed by atoms with Crippen molar-refractivity contribution in [2.75, 3.05) is 6.61 Å². The van der Waals surface area contributed by atoms with Crippen LogP contribution < -0.4 is 10.5 Å². The molecule has 5 heteroatoms. The highest BCUT2D eigenvalue weighted by molar-refractivity contribution is 5.99. The van der Waals surface area contributed by atoms with Crippen molar-refractivity contribution in [1.29, 1.82) is 0 Å². The maximum atomic E-state index is 6.29. The quantitative estimate of drug-likeness (QED) is 0.888. The second-order valence-electron chi connectivity index (χ2n) is 8.05. The minimum atomic E-state index is -0.0712. The van der Waals surface area contributed by atoms with Crippen LogP contribution in [0, 0.1) is 5.41 Å². The molecule has 2 heterocycles. The Morgan fingerprint density at radius 1 is 1.11 bits per heavy atom. The Kier molecular flexibility index (Phi) is 4.17. The van der Waals surface area contributed by atoms with Gasteiger partial charge in [-0.3, -0.25) is 4.99 Å². The van der Waals surface area contributed by atoms with Crippen molar-refractivity contribution in [3.63, 3.8) is 0 Å². The number of benzene rings is 2. The van der Waals surface area contributed by atoms with Gasteiger partial charge in [0.1, 0.15) is 29.5 Å². The monoisotopic (exact) mass is 362 g/mol. The predicted molar refractivity (Wildman–Crippen MR) is 111 cm³/mol. The molecule has 0 spiro atoms. The molecule has 0 amide bonds. The molecule has 0 saturated carbocycles. The van der Waals surface area contributed by atoms with Crippen LogP contribution in [0.25, 0.3) is 10.8 Å². The van der Waals surface area contributed by atoms with E-state index in [9.17, 15) is 0 Å². The van der Waals surface area contributed by atoms with Gasteiger partial charge in [-0.05, 0) is 41.5 Å². The van der Waals surface area contributed by atoms with Gasteiger partial charge in [-0.25, -0.2) is 4.99 Å². The van der Waals surface area contributed by atoms with Crippen molar-refractivity contribution < 1.29 is 4.74 Å². The summed E-state index contributed by atoms with van der Waals surface area (Å²) in [4.78, 5) is 11.6. The van der Waals surface area contributed by atoms with Crippen LogP contribution in [0.15, 0.2) is 58.8 Å². The highest BCUT2D eigenvalue weighted by Gasteiger charge is 2.43. The van der Waals surface area contributed by atoms with Crippen LogP contribution in [0.2, 0.25) is 0 Å². The molecule has 2 aromatic rings. The summed E-state index contributed by atoms with van der Waals surface area (Å²) in [5, 5.41) is 2.33. The number of nitrogens with two attached hydrogens (primary N) is 1. The van der Waals surface area contributed by atoms with E-state index in [1.807, 2.05) is 19.2 Å². The van der Waals surface area contributed by atoms with Gasteiger partial charge in [-0.15, -0.1) is 0 Å². The molecule has 0 aliphatic carbocycles. The third-order valence-corrected chi connectivity index (χ3v) is 5.02. The van der Waals surface area contributed by atoms with Crippen molar-refractivity contribution >= 4 is 22.4 Å². The van der Waals surface area contributed by atoms with Crippen LogP contribution in [0.1, 0.15) is 39.3 Å². The topological polar surface area (TPSA) is 63.2 Å². The summed E-state index contributed by atoms with van der Waals surface area (Å²) in [5.41, 5.74) is 7.36. The van der Waals surface area contributed by atoms with Gasteiger partial charge in [0.15, 0.2) is 0 Å². The Bertz CT molecular complexity index is 968. The van der Waals surface area contributed by atoms with E-state index in [0.29, 0.717) is 12.4 Å². The minimum Gasteiger partial charge on any atom is -0.494 e. The smallest absolute Gasteiger partial charge is 0.125 e. The molecule has 2 N–H and O–H groups in total. The standard InChI is InChI=1S/C22H26N4O/c1-5-27-17-9-8-14-12-16(7-6-15(14)13-17)18-19-20(23)24-10-11-26(19)21(25-18)22(2,3)4/h6-13,18-19H,5H2,1-4H3,(H2,23,24). The summed E-state index contributed by atoms with van der Waals surface area (Å²) >= 11 is 0. The minimum absolute atomic E-state index is 0.0654. The first-order chi connectivity index (χ1) is 12.9. The average molecular weight is 362 g/mol. The normalized spacial score (nSPS) is 21.9. The van der Waals surface area contributed by atoms with Crippen molar-refractivity contribution in [2.24, 2.45) is 21.1 Å². The SMILES string of the molecule is CCOc1ccc2cc(C3N=C(C(C)(C)C)N4C=CN=C(N)C34)ccc2c1. The molecule has 2 aliphatic heterocycles. The number of fused-ring (bicyclic) bond motifs is 2. The average Bonchev–Trinajstić information content (AvgIpc) is 3.03. The number of nitrogens with zero attached hydrogens (tertiary/aromatic N) is 3. The molecule has 2 atom stereocenters. The van der Waals surface area contributed by atoms with E-state index in [4.69, 9.17) is 15.5 Å². The zero-order valence-electron chi connectivity index (χ0n) is 16.3. The first kappa shape index (κ1) is 17.6. The van der Waals surface area contributed by atoms with Crippen LogP contribution >= 0.6 is 0 Å². The van der Waals surface area contributed by atoms with Crippen molar-refractivity contribution in [2.45, 2.75) is 39.8 Å². The summed E-state index contributed by atoms with van der Waals surface area (Å²) in [6.07, 6.45) is 3.74. The van der Waals surface area contributed by atoms with E-state index in [2.05, 4.69) is 61.0 Å². The van der Waals surface area contributed by atoms with Crippen molar-refractivity contribution in [3.05, 3.63) is 54.4 Å². The van der Waals surface area contributed by atoms with Crippen LogP contribution in [0.4, 0.5) is 0 Å². The fourth-order valence-corrected chi connectivity index (χ4v) is 3.81. The number of amidine groups is 2. The maximum Gasteiger partial charge on any atom is 0.125 e. The molecule has 2 aromatic carbocycles. The van der Waals surface area contributed by atoms with Gasteiger partial charge in [0.2, 0.25) is 0 Å². The van der Waals surface area contributed by atoms with Gasteiger partial charge in [0.25, 0.3) is 0 Å². The molecular weight excluding hydrogens is 336 g/mol. The van der Waals surface area contributed by atoms with Gasteiger partial charge >= 0.3 is 0 Å². The first-order valence-corrected chi connectivity index (χ1v) is 9.41. The molecule has 2 unspecified atom stereocenters. The molecule has 0 aromatic heterocycles. The summed E-state index contributed by atoms with van der Waals surface area (Å²) in [6, 6.07) is 12.5. The van der Waals surface area contributed by atoms with Gasteiger partial charge in [-0.1, -0.05) is 39.0 Å². The second kappa shape index (κ2) is 6.41. The van der Waals surface area contributed by atoms with E-state index < -0.39 is 0 Å². The molecule has 5 nitrogen and oxygen atoms in total. The third kappa shape index (κ3) is 3.07. The van der Waals surface area contributed by atoms with Gasteiger partial charge in [-0.2, -0.15) is 0 Å². The molecule has 4 rings (SSSR count). The summed E-state index contributed by atoms with van der Waals surface area (Å²) in [6.45, 7) is 9.19. The lowest BCUT2D eigenvalue weighted by Gasteiger charge is -2.33. The van der Waals surface area contributed by atoms with Crippen LogP contribution in [0.5, 0.6) is 5.75 Å². The zero-order chi connectivity index (χ0) is 19.2. The lowest BCUT2D eigenvalue weighted by Crippen LogP contribution is -2.47. The summed E-state index contributed by atoms with van der Waals surface area (Å²) in [5.74, 6) is 2.54. The Morgan fingerprint density at radius 2 is 1.85 bits per heavy atom. The Hall–Kier alpha value is -2.82. The molecule has 0 saturated heterocycles. The van der Waals surface area contributed by atoms with Gasteiger partial charge in [0, 0.05) is 17.8 Å². The van der Waals surface area contributed by atoms with Gasteiger partial charge < -0.3 is 15.4 Å². The molecule has 0 radical (unpaired) electrons. The van der Waals surface area contributed by atoms with Crippen LogP contribution in [0.3, 0.4) is 0 Å². The highest BCUT2D eigenvalue weighted by atomic mass is 16.5. The number of aliphatic imine (C=N–C) groups is 2. The van der Waals surface area contributed by atoms with Crippen molar-refractivity contribution in [3.8, 4) is 5.75 Å². The first-order valence-electron chi connectivity index (χ1n) is 9.41. The fourth-order valence-electron chi connectivity index (χ4n) is 3.81. The fraction of sp³-hybridized carbons (Fsp3) is 0.364. The van der Waals surface area contributed by atoms with E-state index >= 15 is 0 Å². The molecule has 2 aliphatic rings. The number of hydrogen-bond acceptors (Lipinski definition) is 5. The molecule has 0 bridgehead atoms. The summed E-state index contributed by atoms with van der Waals surface area (Å²) < 4.78 is 5.61. The lowest BCUT2D eigenvalue weighted by molar-refractivity contribution is 0.341. The van der Waals surface area contributed by atoms with Crippen LogP contribution in [-0.4, -0.2) is 29.2 Å². The lowest BCUT2D eigenvalue weighted by atomic mass is 9.93.